The van der Waals surface area contributed by atoms with Crippen LogP contribution in [0.4, 0.5) is 0 Å². The van der Waals surface area contributed by atoms with Crippen LogP contribution in [0.3, 0.4) is 0 Å². The summed E-state index contributed by atoms with van der Waals surface area (Å²) in [4.78, 5) is 12.0. The minimum atomic E-state index is -3.06. The third kappa shape index (κ3) is 4.55. The van der Waals surface area contributed by atoms with E-state index in [0.29, 0.717) is 30.1 Å². The van der Waals surface area contributed by atoms with Gasteiger partial charge in [0, 0.05) is 12.0 Å². The van der Waals surface area contributed by atoms with E-state index in [1.807, 2.05) is 19.1 Å². The average molecular weight is 447 g/mol. The molecular formula is C23H26O7S. The molecule has 0 saturated carbocycles. The lowest BCUT2D eigenvalue weighted by Gasteiger charge is -2.31. The Morgan fingerprint density at radius 1 is 1.19 bits per heavy atom. The van der Waals surface area contributed by atoms with Gasteiger partial charge < -0.3 is 19.3 Å². The van der Waals surface area contributed by atoms with Crippen LogP contribution in [0.1, 0.15) is 34.3 Å². The van der Waals surface area contributed by atoms with Crippen molar-refractivity contribution in [1.82, 2.24) is 0 Å². The SMILES string of the molecule is COC(=O)c1ccc2c(c1)-c1c(C)cc(OCC3(O)CCS(=O)(=O)CC3)cc1CCO2. The number of sulfone groups is 1. The van der Waals surface area contributed by atoms with Crippen LogP contribution in [-0.2, 0) is 21.0 Å². The second-order valence-electron chi connectivity index (χ2n) is 8.24. The summed E-state index contributed by atoms with van der Waals surface area (Å²) >= 11 is 0. The average Bonchev–Trinajstić information content (AvgIpc) is 2.93. The van der Waals surface area contributed by atoms with Crippen molar-refractivity contribution in [2.45, 2.75) is 31.8 Å². The van der Waals surface area contributed by atoms with E-state index in [0.717, 1.165) is 22.3 Å². The van der Waals surface area contributed by atoms with Gasteiger partial charge in [0.2, 0.25) is 0 Å². The summed E-state index contributed by atoms with van der Waals surface area (Å²) in [6.45, 7) is 2.50. The second kappa shape index (κ2) is 8.16. The highest BCUT2D eigenvalue weighted by Crippen LogP contribution is 2.40. The number of aliphatic hydroxyl groups is 1. The van der Waals surface area contributed by atoms with Gasteiger partial charge in [-0.15, -0.1) is 0 Å². The Labute approximate surface area is 181 Å². The molecule has 0 amide bonds. The molecule has 4 rings (SSSR count). The molecule has 1 saturated heterocycles. The van der Waals surface area contributed by atoms with Gasteiger partial charge in [0.1, 0.15) is 23.7 Å². The van der Waals surface area contributed by atoms with E-state index < -0.39 is 21.4 Å². The molecule has 0 atom stereocenters. The summed E-state index contributed by atoms with van der Waals surface area (Å²) in [5.74, 6) is 0.875. The number of hydrogen-bond donors (Lipinski definition) is 1. The molecule has 0 radical (unpaired) electrons. The molecule has 0 aromatic heterocycles. The van der Waals surface area contributed by atoms with E-state index in [-0.39, 0.29) is 31.0 Å². The summed E-state index contributed by atoms with van der Waals surface area (Å²) in [6.07, 6.45) is 1.02. The molecule has 2 aromatic rings. The first-order valence-corrected chi connectivity index (χ1v) is 12.1. The van der Waals surface area contributed by atoms with Crippen molar-refractivity contribution in [2.75, 3.05) is 31.8 Å². The molecule has 31 heavy (non-hydrogen) atoms. The minimum Gasteiger partial charge on any atom is -0.493 e. The first kappa shape index (κ1) is 21.6. The Bertz CT molecular complexity index is 1110. The summed E-state index contributed by atoms with van der Waals surface area (Å²) in [5, 5.41) is 10.7. The summed E-state index contributed by atoms with van der Waals surface area (Å²) in [6, 6.07) is 9.07. The van der Waals surface area contributed by atoms with Gasteiger partial charge in [-0.2, -0.15) is 0 Å². The molecule has 2 aliphatic rings. The zero-order chi connectivity index (χ0) is 22.2. The van der Waals surface area contributed by atoms with Gasteiger partial charge >= 0.3 is 5.97 Å². The van der Waals surface area contributed by atoms with Crippen LogP contribution in [0.5, 0.6) is 11.5 Å². The molecule has 0 aliphatic carbocycles. The normalized spacial score (nSPS) is 18.7. The number of ether oxygens (including phenoxy) is 3. The number of rotatable bonds is 4. The minimum absolute atomic E-state index is 0.0211. The Balaban J connectivity index is 1.61. The van der Waals surface area contributed by atoms with E-state index >= 15 is 0 Å². The maximum Gasteiger partial charge on any atom is 0.337 e. The Kier molecular flexibility index (Phi) is 5.70. The molecule has 0 unspecified atom stereocenters. The third-order valence-electron chi connectivity index (χ3n) is 5.95. The van der Waals surface area contributed by atoms with Crippen LogP contribution in [0.2, 0.25) is 0 Å². The first-order valence-electron chi connectivity index (χ1n) is 10.2. The maximum atomic E-state index is 12.0. The van der Waals surface area contributed by atoms with Crippen LogP contribution >= 0.6 is 0 Å². The number of esters is 1. The number of benzene rings is 2. The fourth-order valence-corrected chi connectivity index (χ4v) is 5.72. The van der Waals surface area contributed by atoms with Gasteiger partial charge in [0.05, 0.1) is 30.8 Å². The monoisotopic (exact) mass is 446 g/mol. The van der Waals surface area contributed by atoms with Crippen molar-refractivity contribution in [3.8, 4) is 22.6 Å². The number of aryl methyl sites for hydroxylation is 1. The molecular weight excluding hydrogens is 420 g/mol. The molecule has 0 spiro atoms. The highest BCUT2D eigenvalue weighted by Gasteiger charge is 2.36. The van der Waals surface area contributed by atoms with Gasteiger partial charge in [0.25, 0.3) is 0 Å². The van der Waals surface area contributed by atoms with Crippen LogP contribution in [-0.4, -0.2) is 56.9 Å². The number of methoxy groups -OCH3 is 1. The number of fused-ring (bicyclic) bond motifs is 3. The van der Waals surface area contributed by atoms with Crippen molar-refractivity contribution >= 4 is 15.8 Å². The van der Waals surface area contributed by atoms with E-state index in [2.05, 4.69) is 0 Å². The predicted molar refractivity (Wildman–Crippen MR) is 115 cm³/mol. The van der Waals surface area contributed by atoms with E-state index in [9.17, 15) is 18.3 Å². The van der Waals surface area contributed by atoms with E-state index in [4.69, 9.17) is 14.2 Å². The topological polar surface area (TPSA) is 99.1 Å². The van der Waals surface area contributed by atoms with Crippen molar-refractivity contribution in [3.63, 3.8) is 0 Å². The van der Waals surface area contributed by atoms with E-state index in [1.165, 1.54) is 7.11 Å². The van der Waals surface area contributed by atoms with Gasteiger partial charge in [0.15, 0.2) is 9.84 Å². The predicted octanol–water partition coefficient (Wildman–Crippen LogP) is 2.70. The van der Waals surface area contributed by atoms with Crippen molar-refractivity contribution < 1.29 is 32.5 Å². The van der Waals surface area contributed by atoms with Crippen LogP contribution < -0.4 is 9.47 Å². The summed E-state index contributed by atoms with van der Waals surface area (Å²) < 4.78 is 39.9. The highest BCUT2D eigenvalue weighted by atomic mass is 32.2. The van der Waals surface area contributed by atoms with Gasteiger partial charge in [-0.05, 0) is 66.8 Å². The molecule has 1 N–H and O–H groups in total. The molecule has 2 aliphatic heterocycles. The van der Waals surface area contributed by atoms with E-state index in [1.54, 1.807) is 18.2 Å². The summed E-state index contributed by atoms with van der Waals surface area (Å²) in [7, 11) is -1.71. The smallest absolute Gasteiger partial charge is 0.337 e. The quantitative estimate of drug-likeness (QED) is 0.721. The standard InChI is InChI=1S/C23H26O7S/c1-15-11-18(30-14-23(25)6-9-31(26,27)10-7-23)12-16-5-8-29-20-4-3-17(22(24)28-2)13-19(20)21(15)16/h3-4,11-13,25H,5-10,14H2,1-2H3. The largest absolute Gasteiger partial charge is 0.493 e. The molecule has 7 nitrogen and oxygen atoms in total. The highest BCUT2D eigenvalue weighted by molar-refractivity contribution is 7.91. The zero-order valence-corrected chi connectivity index (χ0v) is 18.5. The molecule has 166 valence electrons. The Morgan fingerprint density at radius 2 is 1.94 bits per heavy atom. The molecule has 2 aromatic carbocycles. The Morgan fingerprint density at radius 3 is 2.65 bits per heavy atom. The van der Waals surface area contributed by atoms with Crippen molar-refractivity contribution in [2.24, 2.45) is 0 Å². The number of carbonyl (C=O) groups excluding carboxylic acids is 1. The van der Waals surface area contributed by atoms with Crippen molar-refractivity contribution in [3.05, 3.63) is 47.0 Å². The number of carbonyl (C=O) groups is 1. The summed E-state index contributed by atoms with van der Waals surface area (Å²) in [5.41, 5.74) is 3.11. The molecule has 0 bridgehead atoms. The van der Waals surface area contributed by atoms with Gasteiger partial charge in [-0.25, -0.2) is 13.2 Å². The fourth-order valence-electron chi connectivity index (χ4n) is 4.14. The lowest BCUT2D eigenvalue weighted by molar-refractivity contribution is -0.0128. The molecule has 8 heteroatoms. The Hall–Kier alpha value is -2.58. The van der Waals surface area contributed by atoms with Crippen LogP contribution in [0.15, 0.2) is 30.3 Å². The first-order chi connectivity index (χ1) is 14.7. The number of hydrogen-bond acceptors (Lipinski definition) is 7. The van der Waals surface area contributed by atoms with Crippen LogP contribution in [0.25, 0.3) is 11.1 Å². The van der Waals surface area contributed by atoms with Crippen molar-refractivity contribution in [1.29, 1.82) is 0 Å². The van der Waals surface area contributed by atoms with Crippen LogP contribution in [0, 0.1) is 6.92 Å². The molecule has 1 fully saturated rings. The lowest BCUT2D eigenvalue weighted by Crippen LogP contribution is -2.43. The zero-order valence-electron chi connectivity index (χ0n) is 17.6. The third-order valence-corrected chi connectivity index (χ3v) is 7.61. The maximum absolute atomic E-state index is 12.0. The second-order valence-corrected chi connectivity index (χ2v) is 10.5. The van der Waals surface area contributed by atoms with Gasteiger partial charge in [-0.1, -0.05) is 0 Å². The lowest BCUT2D eigenvalue weighted by atomic mass is 9.92. The fraction of sp³-hybridized carbons (Fsp3) is 0.435. The van der Waals surface area contributed by atoms with Gasteiger partial charge in [-0.3, -0.25) is 0 Å². The molecule has 2 heterocycles.